The third kappa shape index (κ3) is 1.95. The lowest BCUT2D eigenvalue weighted by molar-refractivity contribution is 0.0699. The molecule has 0 saturated heterocycles. The third-order valence-corrected chi connectivity index (χ3v) is 2.92. The smallest absolute Gasteiger partial charge is 0.339 e. The molecule has 5 heteroatoms. The molecule has 19 heavy (non-hydrogen) atoms. The maximum Gasteiger partial charge on any atom is 0.339 e. The second-order valence-electron chi connectivity index (χ2n) is 4.12. The van der Waals surface area contributed by atoms with Crippen LogP contribution in [0.3, 0.4) is 0 Å². The van der Waals surface area contributed by atoms with E-state index in [1.165, 1.54) is 22.8 Å². The van der Waals surface area contributed by atoms with Gasteiger partial charge in [0.15, 0.2) is 0 Å². The van der Waals surface area contributed by atoms with Gasteiger partial charge in [-0.05, 0) is 23.8 Å². The van der Waals surface area contributed by atoms with Gasteiger partial charge in [0.25, 0.3) is 0 Å². The van der Waals surface area contributed by atoms with Crippen molar-refractivity contribution in [1.82, 2.24) is 9.61 Å². The Labute approximate surface area is 107 Å². The summed E-state index contributed by atoms with van der Waals surface area (Å²) in [4.78, 5) is 11.0. The van der Waals surface area contributed by atoms with Gasteiger partial charge in [-0.1, -0.05) is 18.2 Å². The quantitative estimate of drug-likeness (QED) is 0.767. The zero-order chi connectivity index (χ0) is 13.4. The summed E-state index contributed by atoms with van der Waals surface area (Å²) in [6.45, 7) is 0. The van der Waals surface area contributed by atoms with Crippen LogP contribution in [0.15, 0.2) is 48.8 Å². The fourth-order valence-corrected chi connectivity index (χ4v) is 1.96. The van der Waals surface area contributed by atoms with E-state index in [9.17, 15) is 9.18 Å². The molecule has 0 unspecified atom stereocenters. The number of benzene rings is 1. The fourth-order valence-electron chi connectivity index (χ4n) is 1.96. The van der Waals surface area contributed by atoms with Crippen LogP contribution >= 0.6 is 0 Å². The van der Waals surface area contributed by atoms with Crippen molar-refractivity contribution in [2.75, 3.05) is 0 Å². The third-order valence-electron chi connectivity index (χ3n) is 2.92. The molecule has 0 aliphatic heterocycles. The highest BCUT2D eigenvalue weighted by atomic mass is 19.1. The lowest BCUT2D eigenvalue weighted by atomic mass is 10.1. The van der Waals surface area contributed by atoms with Crippen LogP contribution in [-0.2, 0) is 0 Å². The maximum absolute atomic E-state index is 12.9. The number of hydrogen-bond acceptors (Lipinski definition) is 2. The summed E-state index contributed by atoms with van der Waals surface area (Å²) in [5.41, 5.74) is 2.37. The summed E-state index contributed by atoms with van der Waals surface area (Å²) in [6, 6.07) is 9.57. The first-order valence-corrected chi connectivity index (χ1v) is 5.62. The van der Waals surface area contributed by atoms with Crippen LogP contribution in [0.5, 0.6) is 0 Å². The van der Waals surface area contributed by atoms with Gasteiger partial charge in [0.05, 0.1) is 11.7 Å². The molecule has 0 bridgehead atoms. The van der Waals surface area contributed by atoms with E-state index in [1.54, 1.807) is 30.5 Å². The van der Waals surface area contributed by atoms with Crippen LogP contribution in [0.1, 0.15) is 10.4 Å². The summed E-state index contributed by atoms with van der Waals surface area (Å²) in [5.74, 6) is -1.30. The van der Waals surface area contributed by atoms with Crippen LogP contribution in [0.4, 0.5) is 4.39 Å². The number of carboxylic acid groups (broad SMARTS) is 1. The SMILES string of the molecule is O=C(O)c1cnn2cc(-c3ccc(F)cc3)ccc12. The number of hydrogen-bond donors (Lipinski definition) is 1. The summed E-state index contributed by atoms with van der Waals surface area (Å²) in [5, 5.41) is 13.0. The molecule has 0 spiro atoms. The number of rotatable bonds is 2. The van der Waals surface area contributed by atoms with Crippen LogP contribution < -0.4 is 0 Å². The topological polar surface area (TPSA) is 54.6 Å². The van der Waals surface area contributed by atoms with Gasteiger partial charge in [0.1, 0.15) is 11.4 Å². The standard InChI is InChI=1S/C14H9FN2O2/c15-11-4-1-9(2-5-11)10-3-6-13-12(14(18)19)7-16-17(13)8-10/h1-8H,(H,18,19). The van der Waals surface area contributed by atoms with Crippen molar-refractivity contribution in [3.05, 3.63) is 60.2 Å². The second-order valence-corrected chi connectivity index (χ2v) is 4.12. The van der Waals surface area contributed by atoms with Gasteiger partial charge < -0.3 is 5.11 Å². The highest BCUT2D eigenvalue weighted by molar-refractivity contribution is 5.95. The monoisotopic (exact) mass is 256 g/mol. The number of nitrogens with zero attached hydrogens (tertiary/aromatic N) is 2. The molecule has 1 aromatic carbocycles. The van der Waals surface area contributed by atoms with E-state index >= 15 is 0 Å². The number of carboxylic acids is 1. The molecule has 2 heterocycles. The minimum absolute atomic E-state index is 0.158. The van der Waals surface area contributed by atoms with Crippen molar-refractivity contribution in [1.29, 1.82) is 0 Å². The Hall–Kier alpha value is -2.69. The molecule has 0 atom stereocenters. The average molecular weight is 256 g/mol. The zero-order valence-corrected chi connectivity index (χ0v) is 9.75. The van der Waals surface area contributed by atoms with Crippen LogP contribution in [0.2, 0.25) is 0 Å². The second kappa shape index (κ2) is 4.20. The Morgan fingerprint density at radius 2 is 1.79 bits per heavy atom. The summed E-state index contributed by atoms with van der Waals surface area (Å²) >= 11 is 0. The summed E-state index contributed by atoms with van der Waals surface area (Å²) < 4.78 is 14.4. The molecule has 1 N–H and O–H groups in total. The van der Waals surface area contributed by atoms with E-state index in [0.29, 0.717) is 5.52 Å². The number of halogens is 1. The molecular weight excluding hydrogens is 247 g/mol. The predicted molar refractivity (Wildman–Crippen MR) is 67.5 cm³/mol. The maximum atomic E-state index is 12.9. The summed E-state index contributed by atoms with van der Waals surface area (Å²) in [6.07, 6.45) is 3.03. The Balaban J connectivity index is 2.12. The molecule has 94 valence electrons. The Morgan fingerprint density at radius 3 is 2.47 bits per heavy atom. The van der Waals surface area contributed by atoms with E-state index in [0.717, 1.165) is 11.1 Å². The average Bonchev–Trinajstić information content (AvgIpc) is 2.82. The van der Waals surface area contributed by atoms with Crippen molar-refractivity contribution in [3.63, 3.8) is 0 Å². The van der Waals surface area contributed by atoms with Crippen molar-refractivity contribution in [2.45, 2.75) is 0 Å². The molecule has 0 fully saturated rings. The van der Waals surface area contributed by atoms with Gasteiger partial charge in [-0.15, -0.1) is 0 Å². The highest BCUT2D eigenvalue weighted by Gasteiger charge is 2.11. The van der Waals surface area contributed by atoms with E-state index in [1.807, 2.05) is 0 Å². The first kappa shape index (κ1) is 11.4. The Bertz CT molecular complexity index is 763. The molecule has 0 aliphatic carbocycles. The van der Waals surface area contributed by atoms with E-state index in [2.05, 4.69) is 5.10 Å². The van der Waals surface area contributed by atoms with E-state index < -0.39 is 5.97 Å². The molecule has 0 amide bonds. The number of pyridine rings is 1. The van der Waals surface area contributed by atoms with Gasteiger partial charge in [-0.25, -0.2) is 13.7 Å². The van der Waals surface area contributed by atoms with E-state index in [4.69, 9.17) is 5.11 Å². The van der Waals surface area contributed by atoms with Gasteiger partial charge >= 0.3 is 5.97 Å². The zero-order valence-electron chi connectivity index (χ0n) is 9.75. The molecule has 3 rings (SSSR count). The summed E-state index contributed by atoms with van der Waals surface area (Å²) in [7, 11) is 0. The molecular formula is C14H9FN2O2. The Morgan fingerprint density at radius 1 is 1.11 bits per heavy atom. The minimum atomic E-state index is -1.01. The van der Waals surface area contributed by atoms with Crippen LogP contribution in [-0.4, -0.2) is 20.7 Å². The molecule has 2 aromatic heterocycles. The first-order valence-electron chi connectivity index (χ1n) is 5.62. The number of aromatic nitrogens is 2. The van der Waals surface area contributed by atoms with Crippen molar-refractivity contribution < 1.29 is 14.3 Å². The van der Waals surface area contributed by atoms with Crippen molar-refractivity contribution in [2.24, 2.45) is 0 Å². The first-order chi connectivity index (χ1) is 9.15. The molecule has 0 radical (unpaired) electrons. The molecule has 0 saturated carbocycles. The number of fused-ring (bicyclic) bond motifs is 1. The number of aromatic carboxylic acids is 1. The lowest BCUT2D eigenvalue weighted by Gasteiger charge is -2.03. The normalized spacial score (nSPS) is 10.8. The largest absolute Gasteiger partial charge is 0.478 e. The highest BCUT2D eigenvalue weighted by Crippen LogP contribution is 2.21. The van der Waals surface area contributed by atoms with Gasteiger partial charge in [-0.2, -0.15) is 5.10 Å². The van der Waals surface area contributed by atoms with Crippen molar-refractivity contribution in [3.8, 4) is 11.1 Å². The molecule has 3 aromatic rings. The van der Waals surface area contributed by atoms with Gasteiger partial charge in [0.2, 0.25) is 0 Å². The molecule has 4 nitrogen and oxygen atoms in total. The predicted octanol–water partition coefficient (Wildman–Crippen LogP) is 2.84. The van der Waals surface area contributed by atoms with E-state index in [-0.39, 0.29) is 11.4 Å². The lowest BCUT2D eigenvalue weighted by Crippen LogP contribution is -1.95. The number of carbonyl (C=O) groups is 1. The van der Waals surface area contributed by atoms with Gasteiger partial charge in [0, 0.05) is 11.8 Å². The van der Waals surface area contributed by atoms with Crippen molar-refractivity contribution >= 4 is 11.5 Å². The van der Waals surface area contributed by atoms with Crippen LogP contribution in [0.25, 0.3) is 16.6 Å². The Kier molecular flexibility index (Phi) is 2.52. The molecule has 0 aliphatic rings. The van der Waals surface area contributed by atoms with Crippen LogP contribution in [0, 0.1) is 5.82 Å². The fraction of sp³-hybridized carbons (Fsp3) is 0. The van der Waals surface area contributed by atoms with Gasteiger partial charge in [-0.3, -0.25) is 0 Å². The minimum Gasteiger partial charge on any atom is -0.478 e.